The molecule has 3 aromatic rings. The van der Waals surface area contributed by atoms with Crippen molar-refractivity contribution in [3.8, 4) is 5.69 Å². The fourth-order valence-corrected chi connectivity index (χ4v) is 2.69. The van der Waals surface area contributed by atoms with Crippen LogP contribution >= 0.6 is 22.9 Å². The van der Waals surface area contributed by atoms with Crippen molar-refractivity contribution >= 4 is 33.2 Å². The lowest BCUT2D eigenvalue weighted by Crippen LogP contribution is -2.35. The summed E-state index contributed by atoms with van der Waals surface area (Å²) in [5.74, 6) is 0. The molecule has 0 atom stereocenters. The molecule has 0 aliphatic carbocycles. The van der Waals surface area contributed by atoms with E-state index in [4.69, 9.17) is 11.6 Å². The lowest BCUT2D eigenvalue weighted by Gasteiger charge is -2.06. The van der Waals surface area contributed by atoms with Gasteiger partial charge in [-0.3, -0.25) is 9.78 Å². The molecule has 0 unspecified atom stereocenters. The Morgan fingerprint density at radius 3 is 2.95 bits per heavy atom. The molecule has 0 fully saturated rings. The molecule has 0 aliphatic heterocycles. The molecule has 5 nitrogen and oxygen atoms in total. The second-order valence-electron chi connectivity index (χ2n) is 4.01. The Labute approximate surface area is 116 Å². The Morgan fingerprint density at radius 2 is 2.16 bits per heavy atom. The van der Waals surface area contributed by atoms with Crippen LogP contribution in [-0.4, -0.2) is 14.5 Å². The van der Waals surface area contributed by atoms with Crippen molar-refractivity contribution in [2.24, 2.45) is 0 Å². The molecule has 96 valence electrons. The van der Waals surface area contributed by atoms with Gasteiger partial charge in [0.1, 0.15) is 5.15 Å². The summed E-state index contributed by atoms with van der Waals surface area (Å²) >= 11 is 7.23. The zero-order valence-corrected chi connectivity index (χ0v) is 11.4. The van der Waals surface area contributed by atoms with Crippen LogP contribution in [0.3, 0.4) is 0 Å². The van der Waals surface area contributed by atoms with E-state index in [-0.39, 0.29) is 5.15 Å². The number of nitrogens with one attached hydrogen (secondary N) is 1. The third kappa shape index (κ3) is 1.89. The van der Waals surface area contributed by atoms with E-state index in [2.05, 4.69) is 9.97 Å². The minimum absolute atomic E-state index is 0.0742. The number of nitrogens with zero attached hydrogens (tertiary/aromatic N) is 2. The lowest BCUT2D eigenvalue weighted by atomic mass is 10.3. The SMILES string of the molecule is Cc1c(Cl)[nH]c(=O)n(-c2ccc3ncsc3c2)c1=O. The van der Waals surface area contributed by atoms with Gasteiger partial charge in [-0.05, 0) is 25.1 Å². The van der Waals surface area contributed by atoms with Gasteiger partial charge < -0.3 is 0 Å². The van der Waals surface area contributed by atoms with Gasteiger partial charge in [0.2, 0.25) is 0 Å². The van der Waals surface area contributed by atoms with E-state index >= 15 is 0 Å². The molecular formula is C12H8ClN3O2S. The molecule has 1 aromatic carbocycles. The minimum Gasteiger partial charge on any atom is -0.297 e. The Kier molecular flexibility index (Phi) is 2.76. The highest BCUT2D eigenvalue weighted by Crippen LogP contribution is 2.20. The predicted octanol–water partition coefficient (Wildman–Crippen LogP) is 2.10. The Bertz CT molecular complexity index is 894. The number of aromatic nitrogens is 3. The zero-order valence-electron chi connectivity index (χ0n) is 9.81. The zero-order chi connectivity index (χ0) is 13.6. The second-order valence-corrected chi connectivity index (χ2v) is 5.28. The van der Waals surface area contributed by atoms with Gasteiger partial charge in [-0.2, -0.15) is 0 Å². The summed E-state index contributed by atoms with van der Waals surface area (Å²) in [4.78, 5) is 30.6. The Balaban J connectivity index is 2.35. The highest BCUT2D eigenvalue weighted by atomic mass is 35.5. The Morgan fingerprint density at radius 1 is 1.37 bits per heavy atom. The maximum absolute atomic E-state index is 12.1. The van der Waals surface area contributed by atoms with Crippen molar-refractivity contribution in [3.63, 3.8) is 0 Å². The van der Waals surface area contributed by atoms with Crippen molar-refractivity contribution in [2.45, 2.75) is 6.92 Å². The van der Waals surface area contributed by atoms with Crippen molar-refractivity contribution < 1.29 is 0 Å². The standard InChI is InChI=1S/C12H8ClN3O2S/c1-6-10(13)15-12(18)16(11(6)17)7-2-3-8-9(4-7)19-5-14-8/h2-5H,1H3,(H,15,18). The van der Waals surface area contributed by atoms with Crippen molar-refractivity contribution in [1.29, 1.82) is 0 Å². The molecule has 0 saturated heterocycles. The molecule has 3 rings (SSSR count). The number of H-pyrrole nitrogens is 1. The highest BCUT2D eigenvalue weighted by molar-refractivity contribution is 7.16. The van der Waals surface area contributed by atoms with Crippen LogP contribution in [0, 0.1) is 6.92 Å². The van der Waals surface area contributed by atoms with E-state index < -0.39 is 11.2 Å². The number of rotatable bonds is 1. The third-order valence-corrected chi connectivity index (χ3v) is 4.02. The van der Waals surface area contributed by atoms with Gasteiger partial charge in [0.05, 0.1) is 27.0 Å². The molecule has 2 aromatic heterocycles. The van der Waals surface area contributed by atoms with Crippen LogP contribution in [0.2, 0.25) is 5.15 Å². The first-order valence-electron chi connectivity index (χ1n) is 5.43. The summed E-state index contributed by atoms with van der Waals surface area (Å²) in [5.41, 5.74) is 2.40. The van der Waals surface area contributed by atoms with Gasteiger partial charge >= 0.3 is 5.69 Å². The van der Waals surface area contributed by atoms with Gasteiger partial charge in [0, 0.05) is 0 Å². The number of thiazole rings is 1. The number of hydrogen-bond acceptors (Lipinski definition) is 4. The van der Waals surface area contributed by atoms with Crippen molar-refractivity contribution in [2.75, 3.05) is 0 Å². The van der Waals surface area contributed by atoms with Crippen LogP contribution in [-0.2, 0) is 0 Å². The molecule has 0 saturated carbocycles. The largest absolute Gasteiger partial charge is 0.334 e. The lowest BCUT2D eigenvalue weighted by molar-refractivity contribution is 0.861. The van der Waals surface area contributed by atoms with Crippen molar-refractivity contribution in [1.82, 2.24) is 14.5 Å². The fourth-order valence-electron chi connectivity index (χ4n) is 1.81. The predicted molar refractivity (Wildman–Crippen MR) is 75.6 cm³/mol. The normalized spacial score (nSPS) is 11.1. The molecule has 19 heavy (non-hydrogen) atoms. The average molecular weight is 294 g/mol. The van der Waals surface area contributed by atoms with Gasteiger partial charge in [-0.1, -0.05) is 11.6 Å². The second kappa shape index (κ2) is 4.32. The smallest absolute Gasteiger partial charge is 0.297 e. The van der Waals surface area contributed by atoms with E-state index in [9.17, 15) is 9.59 Å². The summed E-state index contributed by atoms with van der Waals surface area (Å²) < 4.78 is 1.98. The maximum Gasteiger partial charge on any atom is 0.334 e. The van der Waals surface area contributed by atoms with Crippen LogP contribution in [0.4, 0.5) is 0 Å². The topological polar surface area (TPSA) is 67.8 Å². The van der Waals surface area contributed by atoms with Crippen LogP contribution in [0.15, 0.2) is 33.3 Å². The molecule has 0 amide bonds. The van der Waals surface area contributed by atoms with Crippen LogP contribution in [0.1, 0.15) is 5.56 Å². The first kappa shape index (κ1) is 12.1. The molecule has 2 heterocycles. The van der Waals surface area contributed by atoms with Crippen LogP contribution in [0.5, 0.6) is 0 Å². The quantitative estimate of drug-likeness (QED) is 0.699. The van der Waals surface area contributed by atoms with E-state index in [0.717, 1.165) is 14.8 Å². The summed E-state index contributed by atoms with van der Waals surface area (Å²) in [7, 11) is 0. The number of benzene rings is 1. The summed E-state index contributed by atoms with van der Waals surface area (Å²) in [5, 5.41) is 0.0742. The van der Waals surface area contributed by atoms with Crippen LogP contribution < -0.4 is 11.2 Å². The number of fused-ring (bicyclic) bond motifs is 1. The molecule has 7 heteroatoms. The van der Waals surface area contributed by atoms with Gasteiger partial charge in [0.15, 0.2) is 0 Å². The van der Waals surface area contributed by atoms with E-state index in [1.54, 1.807) is 30.6 Å². The molecule has 1 N–H and O–H groups in total. The Hall–Kier alpha value is -1.92. The minimum atomic E-state index is -0.551. The van der Waals surface area contributed by atoms with Gasteiger partial charge in [-0.15, -0.1) is 11.3 Å². The van der Waals surface area contributed by atoms with E-state index in [0.29, 0.717) is 11.3 Å². The summed E-state index contributed by atoms with van der Waals surface area (Å²) in [6.45, 7) is 1.57. The van der Waals surface area contributed by atoms with Gasteiger partial charge in [0.25, 0.3) is 5.56 Å². The van der Waals surface area contributed by atoms with E-state index in [1.807, 2.05) is 0 Å². The third-order valence-electron chi connectivity index (χ3n) is 2.85. The monoisotopic (exact) mass is 293 g/mol. The maximum atomic E-state index is 12.1. The average Bonchev–Trinajstić information content (AvgIpc) is 2.83. The first-order chi connectivity index (χ1) is 9.08. The summed E-state index contributed by atoms with van der Waals surface area (Å²) in [6, 6.07) is 5.22. The van der Waals surface area contributed by atoms with Crippen molar-refractivity contribution in [3.05, 3.63) is 55.3 Å². The van der Waals surface area contributed by atoms with Crippen LogP contribution in [0.25, 0.3) is 15.9 Å². The first-order valence-corrected chi connectivity index (χ1v) is 6.69. The molecule has 0 spiro atoms. The highest BCUT2D eigenvalue weighted by Gasteiger charge is 2.11. The molecule has 0 bridgehead atoms. The number of halogens is 1. The number of aromatic amines is 1. The molecule has 0 aliphatic rings. The molecule has 0 radical (unpaired) electrons. The summed E-state index contributed by atoms with van der Waals surface area (Å²) in [6.07, 6.45) is 0. The van der Waals surface area contributed by atoms with Gasteiger partial charge in [-0.25, -0.2) is 14.3 Å². The molecular weight excluding hydrogens is 286 g/mol. The van der Waals surface area contributed by atoms with E-state index in [1.165, 1.54) is 11.3 Å². The fraction of sp³-hybridized carbons (Fsp3) is 0.0833. The number of hydrogen-bond donors (Lipinski definition) is 1.